The van der Waals surface area contributed by atoms with Gasteiger partial charge in [-0.3, -0.25) is 18.9 Å². The molecule has 4 aromatic carbocycles. The van der Waals surface area contributed by atoms with E-state index < -0.39 is 15.9 Å². The number of aliphatic imine (C=N–C) groups is 1. The molecule has 0 saturated heterocycles. The Morgan fingerprint density at radius 3 is 2.05 bits per heavy atom. The van der Waals surface area contributed by atoms with E-state index in [-0.39, 0.29) is 11.8 Å². The number of carbonyl (C=O) groups is 2. The Labute approximate surface area is 258 Å². The normalized spacial score (nSPS) is 14.7. The van der Waals surface area contributed by atoms with Crippen LogP contribution < -0.4 is 14.5 Å². The van der Waals surface area contributed by atoms with Gasteiger partial charge in [-0.05, 0) is 79.8 Å². The second-order valence-electron chi connectivity index (χ2n) is 10.9. The minimum atomic E-state index is -3.49. The lowest BCUT2D eigenvalue weighted by Crippen LogP contribution is -2.35. The Kier molecular flexibility index (Phi) is 8.93. The largest absolute Gasteiger partial charge is 0.325 e. The Morgan fingerprint density at radius 1 is 0.795 bits per heavy atom. The third kappa shape index (κ3) is 6.72. The Morgan fingerprint density at radius 2 is 1.43 bits per heavy atom. The van der Waals surface area contributed by atoms with Gasteiger partial charge in [0.1, 0.15) is 5.92 Å². The van der Waals surface area contributed by atoms with Gasteiger partial charge in [0.05, 0.1) is 23.3 Å². The topological polar surface area (TPSA) is 102 Å². The van der Waals surface area contributed by atoms with Crippen molar-refractivity contribution in [3.8, 4) is 0 Å². The lowest BCUT2D eigenvalue weighted by Gasteiger charge is -2.24. The molecule has 9 nitrogen and oxygen atoms in total. The Bertz CT molecular complexity index is 1790. The molecule has 0 bridgehead atoms. The van der Waals surface area contributed by atoms with Gasteiger partial charge in [-0.2, -0.15) is 0 Å². The fourth-order valence-electron chi connectivity index (χ4n) is 5.14. The van der Waals surface area contributed by atoms with Crippen molar-refractivity contribution < 1.29 is 18.0 Å². The molecule has 44 heavy (non-hydrogen) atoms. The van der Waals surface area contributed by atoms with Gasteiger partial charge in [-0.25, -0.2) is 8.42 Å². The summed E-state index contributed by atoms with van der Waals surface area (Å²) in [6, 6.07) is 31.0. The van der Waals surface area contributed by atoms with Crippen molar-refractivity contribution in [3.63, 3.8) is 0 Å². The van der Waals surface area contributed by atoms with Crippen LogP contribution in [0.5, 0.6) is 0 Å². The molecule has 1 heterocycles. The minimum Gasteiger partial charge on any atom is -0.325 e. The van der Waals surface area contributed by atoms with Crippen LogP contribution in [0.3, 0.4) is 0 Å². The number of para-hydroxylation sites is 1. The van der Waals surface area contributed by atoms with Crippen molar-refractivity contribution in [2.75, 3.05) is 55.0 Å². The third-order valence-electron chi connectivity index (χ3n) is 7.46. The number of benzene rings is 4. The van der Waals surface area contributed by atoms with Crippen LogP contribution in [0, 0.1) is 0 Å². The van der Waals surface area contributed by atoms with Crippen LogP contribution in [0.1, 0.15) is 27.4 Å². The molecule has 0 aromatic heterocycles. The highest BCUT2D eigenvalue weighted by Crippen LogP contribution is 2.37. The fourth-order valence-corrected chi connectivity index (χ4v) is 6.06. The van der Waals surface area contributed by atoms with E-state index >= 15 is 0 Å². The zero-order valence-electron chi connectivity index (χ0n) is 25.1. The van der Waals surface area contributed by atoms with Gasteiger partial charge in [0.15, 0.2) is 0 Å². The molecule has 0 radical (unpaired) electrons. The highest BCUT2D eigenvalue weighted by Gasteiger charge is 2.36. The number of nitrogens with one attached hydrogen (secondary N) is 1. The highest BCUT2D eigenvalue weighted by molar-refractivity contribution is 7.92. The Balaban J connectivity index is 1.53. The van der Waals surface area contributed by atoms with Gasteiger partial charge in [0, 0.05) is 37.1 Å². The summed E-state index contributed by atoms with van der Waals surface area (Å²) in [5.74, 6) is -1.21. The molecule has 4 aromatic rings. The quantitative estimate of drug-likeness (QED) is 0.251. The van der Waals surface area contributed by atoms with Crippen molar-refractivity contribution in [2.24, 2.45) is 4.99 Å². The number of sulfonamides is 1. The van der Waals surface area contributed by atoms with E-state index in [2.05, 4.69) is 5.32 Å². The molecular formula is C34H35N5O4S. The SMILES string of the molecule is CN(C)CCN(c1ccc(N=C(c2ccccc2)C2C(=O)Nc3ccc(C(=O)N(C)c4ccccc4)cc32)cc1)S(C)(=O)=O. The molecular weight excluding hydrogens is 574 g/mol. The molecule has 1 unspecified atom stereocenters. The molecule has 0 fully saturated rings. The number of amides is 2. The van der Waals surface area contributed by atoms with Gasteiger partial charge >= 0.3 is 0 Å². The summed E-state index contributed by atoms with van der Waals surface area (Å²) in [6.07, 6.45) is 1.19. The predicted octanol–water partition coefficient (Wildman–Crippen LogP) is 5.15. The number of nitrogens with zero attached hydrogens (tertiary/aromatic N) is 4. The first-order chi connectivity index (χ1) is 21.0. The molecule has 2 amide bonds. The van der Waals surface area contributed by atoms with Crippen LogP contribution in [0.25, 0.3) is 0 Å². The summed E-state index contributed by atoms with van der Waals surface area (Å²) in [6.45, 7) is 0.871. The van der Waals surface area contributed by atoms with Crippen LogP contribution in [0.2, 0.25) is 0 Å². The first kappa shape index (κ1) is 30.7. The van der Waals surface area contributed by atoms with E-state index in [1.807, 2.05) is 79.7 Å². The second kappa shape index (κ2) is 12.8. The van der Waals surface area contributed by atoms with E-state index in [1.165, 1.54) is 10.6 Å². The monoisotopic (exact) mass is 609 g/mol. The number of rotatable bonds is 10. The third-order valence-corrected chi connectivity index (χ3v) is 8.65. The van der Waals surface area contributed by atoms with E-state index in [0.29, 0.717) is 47.0 Å². The molecule has 10 heteroatoms. The zero-order valence-corrected chi connectivity index (χ0v) is 26.0. The molecule has 226 valence electrons. The van der Waals surface area contributed by atoms with Crippen molar-refractivity contribution in [1.29, 1.82) is 0 Å². The van der Waals surface area contributed by atoms with Crippen LogP contribution in [0.4, 0.5) is 22.7 Å². The van der Waals surface area contributed by atoms with E-state index in [9.17, 15) is 18.0 Å². The van der Waals surface area contributed by atoms with Crippen LogP contribution >= 0.6 is 0 Å². The maximum Gasteiger partial charge on any atom is 0.258 e. The molecule has 1 atom stereocenters. The average molecular weight is 610 g/mol. The number of fused-ring (bicyclic) bond motifs is 1. The molecule has 0 aliphatic carbocycles. The summed E-state index contributed by atoms with van der Waals surface area (Å²) in [4.78, 5) is 35.4. The zero-order chi connectivity index (χ0) is 31.4. The average Bonchev–Trinajstić information content (AvgIpc) is 3.34. The number of hydrogen-bond donors (Lipinski definition) is 1. The van der Waals surface area contributed by atoms with Crippen LogP contribution in [0.15, 0.2) is 108 Å². The second-order valence-corrected chi connectivity index (χ2v) is 12.8. The molecule has 1 aliphatic rings. The smallest absolute Gasteiger partial charge is 0.258 e. The number of anilines is 3. The lowest BCUT2D eigenvalue weighted by atomic mass is 9.89. The van der Waals surface area contributed by atoms with Crippen molar-refractivity contribution >= 4 is 50.3 Å². The summed E-state index contributed by atoms with van der Waals surface area (Å²) in [7, 11) is 2.01. The van der Waals surface area contributed by atoms with Gasteiger partial charge < -0.3 is 15.1 Å². The van der Waals surface area contributed by atoms with Crippen molar-refractivity contribution in [3.05, 3.63) is 120 Å². The lowest BCUT2D eigenvalue weighted by molar-refractivity contribution is -0.115. The maximum atomic E-state index is 13.5. The summed E-state index contributed by atoms with van der Waals surface area (Å²) < 4.78 is 26.4. The summed E-state index contributed by atoms with van der Waals surface area (Å²) in [5, 5.41) is 2.95. The van der Waals surface area contributed by atoms with Crippen molar-refractivity contribution in [2.45, 2.75) is 5.92 Å². The molecule has 1 N–H and O–H groups in total. The fraction of sp³-hybridized carbons (Fsp3) is 0.206. The van der Waals surface area contributed by atoms with Gasteiger partial charge in [-0.1, -0.05) is 48.5 Å². The maximum absolute atomic E-state index is 13.5. The van der Waals surface area contributed by atoms with E-state index in [1.54, 1.807) is 54.4 Å². The Hall–Kier alpha value is -4.80. The number of hydrogen-bond acceptors (Lipinski definition) is 6. The highest BCUT2D eigenvalue weighted by atomic mass is 32.2. The molecule has 0 saturated carbocycles. The molecule has 0 spiro atoms. The van der Waals surface area contributed by atoms with Gasteiger partial charge in [0.2, 0.25) is 15.9 Å². The van der Waals surface area contributed by atoms with Gasteiger partial charge in [0.25, 0.3) is 5.91 Å². The van der Waals surface area contributed by atoms with Crippen LogP contribution in [-0.4, -0.2) is 71.3 Å². The first-order valence-corrected chi connectivity index (χ1v) is 16.0. The minimum absolute atomic E-state index is 0.199. The predicted molar refractivity (Wildman–Crippen MR) is 177 cm³/mol. The summed E-state index contributed by atoms with van der Waals surface area (Å²) >= 11 is 0. The molecule has 1 aliphatic heterocycles. The van der Waals surface area contributed by atoms with Gasteiger partial charge in [-0.15, -0.1) is 0 Å². The number of likely N-dealkylation sites (N-methyl/N-ethyl adjacent to an activating group) is 1. The van der Waals surface area contributed by atoms with E-state index in [0.717, 1.165) is 11.3 Å². The van der Waals surface area contributed by atoms with Crippen LogP contribution in [-0.2, 0) is 14.8 Å². The molecule has 5 rings (SSSR count). The van der Waals surface area contributed by atoms with Crippen molar-refractivity contribution in [1.82, 2.24) is 4.90 Å². The van der Waals surface area contributed by atoms with E-state index in [4.69, 9.17) is 4.99 Å². The number of carbonyl (C=O) groups excluding carboxylic acids is 2. The summed E-state index contributed by atoms with van der Waals surface area (Å²) in [5.41, 5.74) is 4.86. The standard InChI is InChI=1S/C34H35N5O4S/c1-37(2)21-22-39(44(4,42)43)28-18-16-26(17-19-28)35-32(24-11-7-5-8-12-24)31-29-23-25(15-20-30(29)36-33(31)40)34(41)38(3)27-13-9-6-10-14-27/h5-20,23,31H,21-22H2,1-4H3,(H,36,40). The first-order valence-electron chi connectivity index (χ1n) is 14.2.